The van der Waals surface area contributed by atoms with Crippen molar-refractivity contribution in [1.82, 2.24) is 19.8 Å². The number of hydrogen-bond donors (Lipinski definition) is 2. The first-order valence-electron chi connectivity index (χ1n) is 13.2. The Bertz CT molecular complexity index is 1400. The van der Waals surface area contributed by atoms with Crippen LogP contribution in [-0.4, -0.2) is 46.5 Å². The summed E-state index contributed by atoms with van der Waals surface area (Å²) in [6.45, 7) is 6.85. The maximum absolute atomic E-state index is 13.4. The van der Waals surface area contributed by atoms with Crippen molar-refractivity contribution in [3.8, 4) is 17.2 Å². The molecule has 0 spiro atoms. The highest BCUT2D eigenvalue weighted by molar-refractivity contribution is 6.04. The van der Waals surface area contributed by atoms with E-state index < -0.39 is 0 Å². The number of amides is 1. The fourth-order valence-corrected chi connectivity index (χ4v) is 4.91. The molecule has 0 unspecified atom stereocenters. The molecular formula is C31H35N5O2. The number of aromatic nitrogens is 2. The summed E-state index contributed by atoms with van der Waals surface area (Å²) < 4.78 is 8.05. The highest BCUT2D eigenvalue weighted by atomic mass is 16.5. The zero-order valence-corrected chi connectivity index (χ0v) is 22.3. The summed E-state index contributed by atoms with van der Waals surface area (Å²) in [7, 11) is 2.03. The third-order valence-electron chi connectivity index (χ3n) is 6.99. The predicted molar refractivity (Wildman–Crippen MR) is 151 cm³/mol. The molecule has 0 saturated carbocycles. The first-order chi connectivity index (χ1) is 18.5. The lowest BCUT2D eigenvalue weighted by molar-refractivity contribution is 0.102. The second-order valence-corrected chi connectivity index (χ2v) is 10.0. The van der Waals surface area contributed by atoms with Gasteiger partial charge in [0.15, 0.2) is 0 Å². The van der Waals surface area contributed by atoms with Crippen LogP contribution in [-0.2, 0) is 6.54 Å². The summed E-state index contributed by atoms with van der Waals surface area (Å²) in [5.41, 5.74) is 5.32. The van der Waals surface area contributed by atoms with Crippen molar-refractivity contribution >= 4 is 11.6 Å². The minimum Gasteiger partial charge on any atom is -0.457 e. The molecule has 4 aromatic rings. The highest BCUT2D eigenvalue weighted by Gasteiger charge is 2.19. The number of likely N-dealkylation sites (N-methyl/N-ethyl adjacent to an activating group) is 1. The summed E-state index contributed by atoms with van der Waals surface area (Å²) in [5.74, 6) is 1.22. The average molecular weight is 510 g/mol. The standard InChI is InChI=1S/C31H35N5O2/c1-22-11-12-25(16-30(22)38-29-9-5-4-6-10-29)31(37)34-27-14-24(19-35-13-7-8-26(20-35)32-3)15-28(17-27)36-18-23(2)33-21-36/h4-6,9-12,14-18,21,26,32H,7-8,13,19-20H2,1-3H3,(H,34,37)/t26-/m0/s1. The Hall–Kier alpha value is -3.94. The van der Waals surface area contributed by atoms with Gasteiger partial charge in [-0.2, -0.15) is 0 Å². The van der Waals surface area contributed by atoms with Gasteiger partial charge in [-0.25, -0.2) is 4.98 Å². The van der Waals surface area contributed by atoms with Crippen molar-refractivity contribution in [3.63, 3.8) is 0 Å². The van der Waals surface area contributed by atoms with E-state index in [1.54, 1.807) is 6.07 Å². The van der Waals surface area contributed by atoms with Crippen LogP contribution in [0.2, 0.25) is 0 Å². The molecule has 1 atom stereocenters. The molecule has 7 nitrogen and oxygen atoms in total. The molecule has 1 fully saturated rings. The fourth-order valence-electron chi connectivity index (χ4n) is 4.91. The fraction of sp³-hybridized carbons (Fsp3) is 0.290. The summed E-state index contributed by atoms with van der Waals surface area (Å²) in [5, 5.41) is 6.54. The van der Waals surface area contributed by atoms with Crippen LogP contribution in [0.1, 0.15) is 40.0 Å². The summed E-state index contributed by atoms with van der Waals surface area (Å²) in [6.07, 6.45) is 6.19. The normalized spacial score (nSPS) is 15.8. The van der Waals surface area contributed by atoms with E-state index in [0.717, 1.165) is 53.6 Å². The van der Waals surface area contributed by atoms with Crippen molar-refractivity contribution in [2.45, 2.75) is 39.3 Å². The second kappa shape index (κ2) is 11.6. The van der Waals surface area contributed by atoms with E-state index in [-0.39, 0.29) is 5.91 Å². The van der Waals surface area contributed by atoms with Crippen LogP contribution in [0.25, 0.3) is 5.69 Å². The second-order valence-electron chi connectivity index (χ2n) is 10.0. The van der Waals surface area contributed by atoms with Crippen LogP contribution in [0.5, 0.6) is 11.5 Å². The molecule has 196 valence electrons. The van der Waals surface area contributed by atoms with Gasteiger partial charge in [0.05, 0.1) is 12.0 Å². The predicted octanol–water partition coefficient (Wildman–Crippen LogP) is 5.72. The molecule has 1 aliphatic rings. The van der Waals surface area contributed by atoms with Gasteiger partial charge in [0.2, 0.25) is 0 Å². The first-order valence-corrected chi connectivity index (χ1v) is 13.2. The van der Waals surface area contributed by atoms with E-state index >= 15 is 0 Å². The zero-order valence-electron chi connectivity index (χ0n) is 22.3. The van der Waals surface area contributed by atoms with Gasteiger partial charge in [-0.05, 0) is 93.9 Å². The molecular weight excluding hydrogens is 474 g/mol. The Kier molecular flexibility index (Phi) is 7.86. The number of piperidine rings is 1. The van der Waals surface area contributed by atoms with Crippen LogP contribution in [0.4, 0.5) is 5.69 Å². The number of ether oxygens (including phenoxy) is 1. The van der Waals surface area contributed by atoms with Crippen LogP contribution < -0.4 is 15.4 Å². The number of aryl methyl sites for hydroxylation is 2. The average Bonchev–Trinajstić information content (AvgIpc) is 3.37. The number of para-hydroxylation sites is 1. The lowest BCUT2D eigenvalue weighted by Gasteiger charge is -2.32. The third kappa shape index (κ3) is 6.30. The Labute approximate surface area is 224 Å². The van der Waals surface area contributed by atoms with Gasteiger partial charge in [0.1, 0.15) is 11.5 Å². The highest BCUT2D eigenvalue weighted by Crippen LogP contribution is 2.27. The van der Waals surface area contributed by atoms with Crippen molar-refractivity contribution in [3.05, 3.63) is 102 Å². The number of benzene rings is 3. The number of carbonyl (C=O) groups excluding carboxylic acids is 1. The minimum absolute atomic E-state index is 0.180. The van der Waals surface area contributed by atoms with E-state index in [9.17, 15) is 4.79 Å². The smallest absolute Gasteiger partial charge is 0.255 e. The lowest BCUT2D eigenvalue weighted by Crippen LogP contribution is -2.43. The molecule has 1 saturated heterocycles. The molecule has 2 N–H and O–H groups in total. The van der Waals surface area contributed by atoms with Gasteiger partial charge in [-0.3, -0.25) is 9.69 Å². The molecule has 1 aliphatic heterocycles. The Morgan fingerprint density at radius 3 is 2.68 bits per heavy atom. The van der Waals surface area contributed by atoms with Crippen molar-refractivity contribution in [1.29, 1.82) is 0 Å². The SMILES string of the molecule is CN[C@H]1CCCN(Cc2cc(NC(=O)c3ccc(C)c(Oc4ccccc4)c3)cc(-n3cnc(C)c3)c2)C1. The number of likely N-dealkylation sites (tertiary alicyclic amines) is 1. The minimum atomic E-state index is -0.180. The lowest BCUT2D eigenvalue weighted by atomic mass is 10.0. The zero-order chi connectivity index (χ0) is 26.5. The number of imidazole rings is 1. The molecule has 5 rings (SSSR count). The summed E-state index contributed by atoms with van der Waals surface area (Å²) in [6, 6.07) is 21.9. The van der Waals surface area contributed by atoms with Crippen LogP contribution in [0, 0.1) is 13.8 Å². The number of nitrogens with zero attached hydrogens (tertiary/aromatic N) is 3. The van der Waals surface area contributed by atoms with Crippen LogP contribution in [0.15, 0.2) is 79.3 Å². The van der Waals surface area contributed by atoms with Gasteiger partial charge < -0.3 is 19.9 Å². The topological polar surface area (TPSA) is 71.4 Å². The number of nitrogens with one attached hydrogen (secondary N) is 2. The van der Waals surface area contributed by atoms with E-state index in [2.05, 4.69) is 32.7 Å². The molecule has 1 aromatic heterocycles. The van der Waals surface area contributed by atoms with Gasteiger partial charge in [0.25, 0.3) is 5.91 Å². The van der Waals surface area contributed by atoms with E-state index in [0.29, 0.717) is 17.4 Å². The molecule has 2 heterocycles. The summed E-state index contributed by atoms with van der Waals surface area (Å²) >= 11 is 0. The molecule has 7 heteroatoms. The maximum Gasteiger partial charge on any atom is 0.255 e. The van der Waals surface area contributed by atoms with Crippen molar-refractivity contribution in [2.24, 2.45) is 0 Å². The monoisotopic (exact) mass is 509 g/mol. The van der Waals surface area contributed by atoms with Gasteiger partial charge in [0, 0.05) is 42.3 Å². The number of rotatable bonds is 8. The quantitative estimate of drug-likeness (QED) is 0.318. The summed E-state index contributed by atoms with van der Waals surface area (Å²) in [4.78, 5) is 20.2. The van der Waals surface area contributed by atoms with Gasteiger partial charge in [-0.15, -0.1) is 0 Å². The first kappa shape index (κ1) is 25.7. The van der Waals surface area contributed by atoms with E-state index in [1.165, 1.54) is 12.8 Å². The largest absolute Gasteiger partial charge is 0.457 e. The number of hydrogen-bond acceptors (Lipinski definition) is 5. The van der Waals surface area contributed by atoms with Crippen molar-refractivity contribution < 1.29 is 9.53 Å². The van der Waals surface area contributed by atoms with Crippen LogP contribution in [0.3, 0.4) is 0 Å². The number of anilines is 1. The van der Waals surface area contributed by atoms with E-state index in [1.807, 2.05) is 86.5 Å². The van der Waals surface area contributed by atoms with Gasteiger partial charge >= 0.3 is 0 Å². The van der Waals surface area contributed by atoms with E-state index in [4.69, 9.17) is 4.74 Å². The Balaban J connectivity index is 1.39. The molecule has 1 amide bonds. The van der Waals surface area contributed by atoms with Gasteiger partial charge in [-0.1, -0.05) is 24.3 Å². The third-order valence-corrected chi connectivity index (χ3v) is 6.99. The maximum atomic E-state index is 13.4. The Morgan fingerprint density at radius 2 is 1.92 bits per heavy atom. The molecule has 38 heavy (non-hydrogen) atoms. The number of carbonyl (C=O) groups is 1. The molecule has 0 aliphatic carbocycles. The van der Waals surface area contributed by atoms with Crippen LogP contribution >= 0.6 is 0 Å². The van der Waals surface area contributed by atoms with Crippen molar-refractivity contribution in [2.75, 3.05) is 25.5 Å². The Morgan fingerprint density at radius 1 is 1.08 bits per heavy atom. The molecule has 3 aromatic carbocycles. The molecule has 0 radical (unpaired) electrons. The molecule has 0 bridgehead atoms.